The van der Waals surface area contributed by atoms with Gasteiger partial charge in [0.05, 0.1) is 4.90 Å². The van der Waals surface area contributed by atoms with Crippen molar-refractivity contribution in [2.24, 2.45) is 17.6 Å². The van der Waals surface area contributed by atoms with E-state index >= 15 is 0 Å². The zero-order valence-corrected chi connectivity index (χ0v) is 21.7. The minimum atomic E-state index is -3.96. The monoisotopic (exact) mass is 522 g/mol. The summed E-state index contributed by atoms with van der Waals surface area (Å²) in [6.07, 6.45) is 3.29. The Morgan fingerprint density at radius 1 is 1.03 bits per heavy atom. The largest absolute Gasteiger partial charge is 0.370 e. The van der Waals surface area contributed by atoms with Gasteiger partial charge in [-0.15, -0.1) is 17.2 Å². The number of carbonyl (C=O) groups is 1. The summed E-state index contributed by atoms with van der Waals surface area (Å²) in [4.78, 5) is 19.7. The van der Waals surface area contributed by atoms with E-state index in [2.05, 4.69) is 11.8 Å². The summed E-state index contributed by atoms with van der Waals surface area (Å²) >= 11 is 0. The molecule has 2 amide bonds. The smallest absolute Gasteiger partial charge is 0.335 e. The molecule has 0 aliphatic carbocycles. The SMILES string of the molecule is CC1CCN(C(=O)N(CC2CCN(C(=N)N)CC2)NS(=O)(=O)c2ccc3ccccc3c2)CC1.Cl. The van der Waals surface area contributed by atoms with Crippen LogP contribution >= 0.6 is 12.4 Å². The molecule has 35 heavy (non-hydrogen) atoms. The molecule has 2 saturated heterocycles. The zero-order chi connectivity index (χ0) is 24.3. The molecule has 2 aliphatic rings. The van der Waals surface area contributed by atoms with Crippen LogP contribution in [0.25, 0.3) is 10.8 Å². The molecule has 0 radical (unpaired) electrons. The fourth-order valence-corrected chi connectivity index (χ4v) is 5.75. The van der Waals surface area contributed by atoms with E-state index in [1.54, 1.807) is 28.0 Å². The van der Waals surface area contributed by atoms with Crippen molar-refractivity contribution in [1.29, 1.82) is 5.41 Å². The van der Waals surface area contributed by atoms with E-state index in [9.17, 15) is 13.2 Å². The molecule has 0 unspecified atom stereocenters. The lowest BCUT2D eigenvalue weighted by Crippen LogP contribution is -2.55. The van der Waals surface area contributed by atoms with Gasteiger partial charge < -0.3 is 15.5 Å². The van der Waals surface area contributed by atoms with Gasteiger partial charge in [-0.25, -0.2) is 18.2 Å². The van der Waals surface area contributed by atoms with Crippen LogP contribution in [0.15, 0.2) is 47.4 Å². The molecule has 9 nitrogen and oxygen atoms in total. The van der Waals surface area contributed by atoms with Gasteiger partial charge in [-0.3, -0.25) is 5.41 Å². The Hall–Kier alpha value is -2.56. The molecule has 0 aromatic heterocycles. The number of hydrazine groups is 1. The summed E-state index contributed by atoms with van der Waals surface area (Å²) in [6, 6.07) is 12.3. The summed E-state index contributed by atoms with van der Waals surface area (Å²) in [6.45, 7) is 4.95. The lowest BCUT2D eigenvalue weighted by molar-refractivity contribution is 0.111. The van der Waals surface area contributed by atoms with Crippen LogP contribution in [0.1, 0.15) is 32.6 Å². The lowest BCUT2D eigenvalue weighted by atomic mass is 9.96. The maximum Gasteiger partial charge on any atom is 0.335 e. The Morgan fingerprint density at radius 3 is 2.26 bits per heavy atom. The van der Waals surface area contributed by atoms with Gasteiger partial charge >= 0.3 is 6.03 Å². The number of halogens is 1. The van der Waals surface area contributed by atoms with Crippen LogP contribution in [0.5, 0.6) is 0 Å². The first-order valence-electron chi connectivity index (χ1n) is 11.9. The topological polar surface area (TPSA) is 123 Å². The third kappa shape index (κ3) is 6.56. The highest BCUT2D eigenvalue weighted by atomic mass is 35.5. The Labute approximate surface area is 213 Å². The molecule has 2 aliphatic heterocycles. The van der Waals surface area contributed by atoms with E-state index in [4.69, 9.17) is 11.1 Å². The lowest BCUT2D eigenvalue weighted by Gasteiger charge is -2.38. The van der Waals surface area contributed by atoms with Gasteiger partial charge in [0.2, 0.25) is 0 Å². The number of hydrogen-bond acceptors (Lipinski definition) is 4. The third-order valence-electron chi connectivity index (χ3n) is 6.94. The van der Waals surface area contributed by atoms with Gasteiger partial charge in [0.25, 0.3) is 10.0 Å². The van der Waals surface area contributed by atoms with Crippen molar-refractivity contribution in [3.05, 3.63) is 42.5 Å². The number of sulfonamides is 1. The molecule has 192 valence electrons. The number of amides is 2. The number of urea groups is 1. The number of hydrogen-bond donors (Lipinski definition) is 3. The van der Waals surface area contributed by atoms with E-state index in [0.717, 1.165) is 36.5 Å². The van der Waals surface area contributed by atoms with E-state index in [0.29, 0.717) is 32.1 Å². The molecule has 2 aromatic carbocycles. The van der Waals surface area contributed by atoms with Crippen LogP contribution in [0.4, 0.5) is 4.79 Å². The predicted molar refractivity (Wildman–Crippen MR) is 140 cm³/mol. The molecule has 0 saturated carbocycles. The molecule has 4 N–H and O–H groups in total. The third-order valence-corrected chi connectivity index (χ3v) is 8.28. The number of carbonyl (C=O) groups excluding carboxylic acids is 1. The molecule has 2 aromatic rings. The molecule has 11 heteroatoms. The first kappa shape index (κ1) is 27.0. The molecule has 2 fully saturated rings. The molecule has 0 atom stereocenters. The first-order chi connectivity index (χ1) is 16.2. The maximum absolute atomic E-state index is 13.4. The number of fused-ring (bicyclic) bond motifs is 1. The molecule has 0 bridgehead atoms. The van der Waals surface area contributed by atoms with Crippen LogP contribution in [0, 0.1) is 17.2 Å². The van der Waals surface area contributed by atoms with Gasteiger partial charge in [-0.05, 0) is 60.4 Å². The summed E-state index contributed by atoms with van der Waals surface area (Å²) in [5, 5.41) is 10.7. The van der Waals surface area contributed by atoms with Crippen molar-refractivity contribution in [2.75, 3.05) is 32.7 Å². The fraction of sp³-hybridized carbons (Fsp3) is 0.500. The highest BCUT2D eigenvalue weighted by Gasteiger charge is 2.31. The number of piperidine rings is 2. The average molecular weight is 523 g/mol. The van der Waals surface area contributed by atoms with Gasteiger partial charge in [0.15, 0.2) is 5.96 Å². The number of benzene rings is 2. The molecule has 0 spiro atoms. The number of rotatable bonds is 5. The van der Waals surface area contributed by atoms with E-state index in [-0.39, 0.29) is 41.8 Å². The van der Waals surface area contributed by atoms with E-state index in [1.807, 2.05) is 24.3 Å². The summed E-state index contributed by atoms with van der Waals surface area (Å²) < 4.78 is 26.7. The minimum Gasteiger partial charge on any atom is -0.370 e. The molecular weight excluding hydrogens is 488 g/mol. The normalized spacial score (nSPS) is 17.7. The first-order valence-corrected chi connectivity index (χ1v) is 13.4. The summed E-state index contributed by atoms with van der Waals surface area (Å²) in [7, 11) is -3.96. The summed E-state index contributed by atoms with van der Waals surface area (Å²) in [5.74, 6) is 0.719. The zero-order valence-electron chi connectivity index (χ0n) is 20.0. The number of nitrogens with two attached hydrogens (primary N) is 1. The molecule has 4 rings (SSSR count). The van der Waals surface area contributed by atoms with Crippen molar-refractivity contribution >= 4 is 45.2 Å². The van der Waals surface area contributed by atoms with Gasteiger partial charge in [-0.1, -0.05) is 37.3 Å². The highest BCUT2D eigenvalue weighted by Crippen LogP contribution is 2.23. The van der Waals surface area contributed by atoms with Crippen LogP contribution in [0.3, 0.4) is 0 Å². The number of nitrogens with zero attached hydrogens (tertiary/aromatic N) is 3. The van der Waals surface area contributed by atoms with Crippen LogP contribution in [-0.4, -0.2) is 67.9 Å². The van der Waals surface area contributed by atoms with Crippen molar-refractivity contribution < 1.29 is 13.2 Å². The highest BCUT2D eigenvalue weighted by molar-refractivity contribution is 7.89. The van der Waals surface area contributed by atoms with E-state index < -0.39 is 10.0 Å². The Bertz CT molecular complexity index is 1140. The van der Waals surface area contributed by atoms with Crippen LogP contribution in [0.2, 0.25) is 0 Å². The standard InChI is InChI=1S/C24H34N6O3S.ClH/c1-18-8-12-29(13-9-18)24(31)30(17-19-10-14-28(15-11-19)23(25)26)27-34(32,33)22-7-6-20-4-2-3-5-21(20)16-22;/h2-7,16,18-19,27H,8-15,17H2,1H3,(H3,25,26);1H. The van der Waals surface area contributed by atoms with Crippen molar-refractivity contribution in [3.8, 4) is 0 Å². The van der Waals surface area contributed by atoms with Crippen molar-refractivity contribution in [3.63, 3.8) is 0 Å². The maximum atomic E-state index is 13.4. The fourth-order valence-electron chi connectivity index (χ4n) is 4.67. The second-order valence-electron chi connectivity index (χ2n) is 9.48. The van der Waals surface area contributed by atoms with Gasteiger partial charge in [0, 0.05) is 32.7 Å². The quantitative estimate of drug-likeness (QED) is 0.316. The Balaban J connectivity index is 0.00000342. The van der Waals surface area contributed by atoms with Gasteiger partial charge in [0.1, 0.15) is 0 Å². The molecular formula is C24H35ClN6O3S. The second-order valence-corrected chi connectivity index (χ2v) is 11.1. The Morgan fingerprint density at radius 2 is 1.63 bits per heavy atom. The number of nitrogens with one attached hydrogen (secondary N) is 2. The number of guanidine groups is 1. The average Bonchev–Trinajstić information content (AvgIpc) is 2.83. The van der Waals surface area contributed by atoms with Crippen LogP contribution in [-0.2, 0) is 10.0 Å². The second kappa shape index (κ2) is 11.5. The summed E-state index contributed by atoms with van der Waals surface area (Å²) in [5.41, 5.74) is 5.60. The molecule has 2 heterocycles. The van der Waals surface area contributed by atoms with E-state index in [1.165, 1.54) is 5.01 Å². The van der Waals surface area contributed by atoms with Gasteiger partial charge in [-0.2, -0.15) is 0 Å². The number of likely N-dealkylation sites (tertiary alicyclic amines) is 2. The van der Waals surface area contributed by atoms with Crippen LogP contribution < -0.4 is 10.6 Å². The van der Waals surface area contributed by atoms with Crippen molar-refractivity contribution in [1.82, 2.24) is 19.6 Å². The minimum absolute atomic E-state index is 0. The Kier molecular flexibility index (Phi) is 8.84. The van der Waals surface area contributed by atoms with Crippen molar-refractivity contribution in [2.45, 2.75) is 37.5 Å². The predicted octanol–water partition coefficient (Wildman–Crippen LogP) is 3.21.